The fraction of sp³-hybridized carbons (Fsp3) is 0.280. The Morgan fingerprint density at radius 2 is 1.79 bits per heavy atom. The van der Waals surface area contributed by atoms with Gasteiger partial charge in [0.05, 0.1) is 23.8 Å². The first kappa shape index (κ1) is 21.8. The minimum Gasteiger partial charge on any atom is -0.351 e. The molecule has 1 aliphatic rings. The zero-order valence-corrected chi connectivity index (χ0v) is 18.8. The van der Waals surface area contributed by atoms with Gasteiger partial charge in [0.2, 0.25) is 0 Å². The number of rotatable bonds is 8. The van der Waals surface area contributed by atoms with Crippen molar-refractivity contribution < 1.29 is 4.79 Å². The van der Waals surface area contributed by atoms with Crippen LogP contribution in [-0.4, -0.2) is 56.7 Å². The molecule has 4 aromatic rings. The summed E-state index contributed by atoms with van der Waals surface area (Å²) in [7, 11) is 0. The van der Waals surface area contributed by atoms with Gasteiger partial charge in [0.25, 0.3) is 5.91 Å². The third kappa shape index (κ3) is 4.99. The van der Waals surface area contributed by atoms with Crippen molar-refractivity contribution in [2.45, 2.75) is 19.4 Å². The molecule has 1 N–H and O–H groups in total. The molecule has 1 aliphatic heterocycles. The molecule has 1 fully saturated rings. The van der Waals surface area contributed by atoms with Gasteiger partial charge in [0.15, 0.2) is 11.5 Å². The van der Waals surface area contributed by atoms with E-state index in [1.807, 2.05) is 54.6 Å². The van der Waals surface area contributed by atoms with Crippen LogP contribution in [0.15, 0.2) is 77.3 Å². The lowest BCUT2D eigenvalue weighted by Crippen LogP contribution is -2.33. The van der Waals surface area contributed by atoms with Crippen LogP contribution in [0.4, 0.5) is 5.82 Å². The lowest BCUT2D eigenvalue weighted by Gasteiger charge is -2.14. The summed E-state index contributed by atoms with van der Waals surface area (Å²) in [4.78, 5) is 23.4. The highest BCUT2D eigenvalue weighted by atomic mass is 16.1. The number of nitrogens with one attached hydrogen (secondary N) is 1. The highest BCUT2D eigenvalue weighted by Crippen LogP contribution is 2.24. The maximum Gasteiger partial charge on any atom is 0.251 e. The smallest absolute Gasteiger partial charge is 0.251 e. The molecule has 2 aromatic carbocycles. The van der Waals surface area contributed by atoms with Crippen molar-refractivity contribution in [2.75, 3.05) is 26.2 Å². The molecular weight excluding hydrogens is 428 g/mol. The first-order valence-corrected chi connectivity index (χ1v) is 11.5. The summed E-state index contributed by atoms with van der Waals surface area (Å²) >= 11 is 0. The number of carbonyl (C=O) groups is 1. The molecule has 0 saturated carbocycles. The summed E-state index contributed by atoms with van der Waals surface area (Å²) in [5, 5.41) is 16.8. The molecular formula is C25H26N8O. The monoisotopic (exact) mass is 454 g/mol. The third-order valence-corrected chi connectivity index (χ3v) is 5.89. The van der Waals surface area contributed by atoms with Gasteiger partial charge >= 0.3 is 0 Å². The lowest BCUT2D eigenvalue weighted by atomic mass is 10.1. The Kier molecular flexibility index (Phi) is 6.62. The Balaban J connectivity index is 1.19. The van der Waals surface area contributed by atoms with E-state index in [2.05, 4.69) is 35.5 Å². The van der Waals surface area contributed by atoms with Crippen LogP contribution >= 0.6 is 0 Å². The van der Waals surface area contributed by atoms with Crippen LogP contribution in [0.5, 0.6) is 0 Å². The second-order valence-corrected chi connectivity index (χ2v) is 8.23. The Bertz CT molecular complexity index is 1280. The maximum atomic E-state index is 12.4. The van der Waals surface area contributed by atoms with E-state index >= 15 is 0 Å². The molecule has 1 amide bonds. The van der Waals surface area contributed by atoms with Gasteiger partial charge in [-0.05, 0) is 55.8 Å². The third-order valence-electron chi connectivity index (χ3n) is 5.89. The number of hydrogen-bond donors (Lipinski definition) is 1. The van der Waals surface area contributed by atoms with Gasteiger partial charge in [0, 0.05) is 18.7 Å². The van der Waals surface area contributed by atoms with E-state index < -0.39 is 0 Å². The second kappa shape index (κ2) is 10.3. The molecule has 5 rings (SSSR count). The molecule has 9 nitrogen and oxygen atoms in total. The average molecular weight is 455 g/mol. The van der Waals surface area contributed by atoms with E-state index in [1.165, 1.54) is 19.2 Å². The zero-order chi connectivity index (χ0) is 23.2. The molecule has 34 heavy (non-hydrogen) atoms. The SMILES string of the molecule is O=C(NCCN1CCCC1)c1ccc(CN=Nc2ncnc3c2cnn3-c2ccccc2)cc1. The van der Waals surface area contributed by atoms with Crippen LogP contribution in [0.3, 0.4) is 0 Å². The van der Waals surface area contributed by atoms with Crippen molar-refractivity contribution in [1.82, 2.24) is 30.0 Å². The normalized spacial score (nSPS) is 14.2. The fourth-order valence-electron chi connectivity index (χ4n) is 4.05. The van der Waals surface area contributed by atoms with Crippen LogP contribution in [0, 0.1) is 0 Å². The Labute approximate surface area is 197 Å². The molecule has 2 aromatic heterocycles. The van der Waals surface area contributed by atoms with Gasteiger partial charge in [-0.15, -0.1) is 5.11 Å². The van der Waals surface area contributed by atoms with E-state index in [-0.39, 0.29) is 5.91 Å². The van der Waals surface area contributed by atoms with E-state index in [4.69, 9.17) is 0 Å². The molecule has 0 atom stereocenters. The largest absolute Gasteiger partial charge is 0.351 e. The molecule has 0 bridgehead atoms. The summed E-state index contributed by atoms with van der Waals surface area (Å²) < 4.78 is 1.75. The number of azo groups is 1. The minimum atomic E-state index is -0.0498. The van der Waals surface area contributed by atoms with Crippen LogP contribution in [0.1, 0.15) is 28.8 Å². The van der Waals surface area contributed by atoms with Gasteiger partial charge in [-0.2, -0.15) is 10.2 Å². The van der Waals surface area contributed by atoms with Gasteiger partial charge in [-0.3, -0.25) is 4.79 Å². The number of carbonyl (C=O) groups excluding carboxylic acids is 1. The minimum absolute atomic E-state index is 0.0498. The molecule has 0 spiro atoms. The number of aromatic nitrogens is 4. The maximum absolute atomic E-state index is 12.4. The number of para-hydroxylation sites is 1. The average Bonchev–Trinajstić information content (AvgIpc) is 3.55. The number of hydrogen-bond acceptors (Lipinski definition) is 7. The Hall–Kier alpha value is -3.98. The van der Waals surface area contributed by atoms with E-state index in [1.54, 1.807) is 10.9 Å². The molecule has 0 unspecified atom stereocenters. The number of amides is 1. The van der Waals surface area contributed by atoms with E-state index in [9.17, 15) is 4.79 Å². The van der Waals surface area contributed by atoms with Gasteiger partial charge in [-0.25, -0.2) is 14.6 Å². The Morgan fingerprint density at radius 3 is 2.59 bits per heavy atom. The van der Waals surface area contributed by atoms with Crippen LogP contribution in [0.25, 0.3) is 16.7 Å². The summed E-state index contributed by atoms with van der Waals surface area (Å²) in [5.74, 6) is 0.423. The predicted octanol–water partition coefficient (Wildman–Crippen LogP) is 3.93. The van der Waals surface area contributed by atoms with Crippen molar-refractivity contribution in [3.05, 3.63) is 78.2 Å². The van der Waals surface area contributed by atoms with Crippen LogP contribution in [-0.2, 0) is 6.54 Å². The van der Waals surface area contributed by atoms with Crippen molar-refractivity contribution in [3.63, 3.8) is 0 Å². The molecule has 172 valence electrons. The topological polar surface area (TPSA) is 101 Å². The van der Waals surface area contributed by atoms with Crippen LogP contribution in [0.2, 0.25) is 0 Å². The number of likely N-dealkylation sites (tertiary alicyclic amines) is 1. The molecule has 9 heteroatoms. The lowest BCUT2D eigenvalue weighted by molar-refractivity contribution is 0.0949. The van der Waals surface area contributed by atoms with Crippen molar-refractivity contribution >= 4 is 22.8 Å². The number of fused-ring (bicyclic) bond motifs is 1. The van der Waals surface area contributed by atoms with Crippen molar-refractivity contribution in [2.24, 2.45) is 10.2 Å². The first-order chi connectivity index (χ1) is 16.8. The van der Waals surface area contributed by atoms with Crippen molar-refractivity contribution in [1.29, 1.82) is 0 Å². The summed E-state index contributed by atoms with van der Waals surface area (Å²) in [6.07, 6.45) is 5.68. The van der Waals surface area contributed by atoms with Crippen LogP contribution < -0.4 is 5.32 Å². The Morgan fingerprint density at radius 1 is 1.00 bits per heavy atom. The summed E-state index contributed by atoms with van der Waals surface area (Å²) in [5.41, 5.74) is 3.20. The van der Waals surface area contributed by atoms with Gasteiger partial charge < -0.3 is 10.2 Å². The zero-order valence-electron chi connectivity index (χ0n) is 18.8. The van der Waals surface area contributed by atoms with Gasteiger partial charge in [-0.1, -0.05) is 30.3 Å². The second-order valence-electron chi connectivity index (χ2n) is 8.23. The van der Waals surface area contributed by atoms with E-state index in [0.717, 1.165) is 36.3 Å². The first-order valence-electron chi connectivity index (χ1n) is 11.5. The van der Waals surface area contributed by atoms with Gasteiger partial charge in [0.1, 0.15) is 6.33 Å². The predicted molar refractivity (Wildman–Crippen MR) is 129 cm³/mol. The fourth-order valence-corrected chi connectivity index (χ4v) is 4.05. The number of benzene rings is 2. The quantitative estimate of drug-likeness (QED) is 0.407. The highest BCUT2D eigenvalue weighted by Gasteiger charge is 2.12. The molecule has 0 radical (unpaired) electrons. The summed E-state index contributed by atoms with van der Waals surface area (Å²) in [6, 6.07) is 17.2. The standard InChI is InChI=1S/C25H26N8O/c34-25(26-12-15-32-13-4-5-14-32)20-10-8-19(9-11-20)16-29-31-23-22-17-30-33(24(22)28-18-27-23)21-6-2-1-3-7-21/h1-3,6-11,17-18H,4-5,12-16H2,(H,26,34). The number of nitrogens with zero attached hydrogens (tertiary/aromatic N) is 7. The molecule has 1 saturated heterocycles. The molecule has 0 aliphatic carbocycles. The molecule has 3 heterocycles. The van der Waals surface area contributed by atoms with Crippen molar-refractivity contribution in [3.8, 4) is 5.69 Å². The summed E-state index contributed by atoms with van der Waals surface area (Å²) in [6.45, 7) is 4.23. The highest BCUT2D eigenvalue weighted by molar-refractivity contribution is 5.94. The van der Waals surface area contributed by atoms with E-state index in [0.29, 0.717) is 30.1 Å².